The fraction of sp³-hybridized carbons (Fsp3) is 0.267. The number of benzene rings is 1. The summed E-state index contributed by atoms with van der Waals surface area (Å²) in [6.45, 7) is 5.92. The number of hydrogen-bond donors (Lipinski definition) is 3. The highest BCUT2D eigenvalue weighted by Crippen LogP contribution is 2.29. The van der Waals surface area contributed by atoms with Crippen LogP contribution in [0.1, 0.15) is 60.0 Å². The molecule has 0 aliphatic heterocycles. The minimum Gasteiger partial charge on any atom is -0.383 e. The van der Waals surface area contributed by atoms with E-state index in [4.69, 9.17) is 16.5 Å². The summed E-state index contributed by atoms with van der Waals surface area (Å²) in [5, 5.41) is 11.0. The van der Waals surface area contributed by atoms with Gasteiger partial charge in [-0.2, -0.15) is 14.7 Å². The molecule has 41 heavy (non-hydrogen) atoms. The fourth-order valence-electron chi connectivity index (χ4n) is 5.24. The Balaban J connectivity index is 1.47. The van der Waals surface area contributed by atoms with Crippen LogP contribution in [0.15, 0.2) is 61.1 Å². The molecule has 0 saturated carbocycles. The summed E-state index contributed by atoms with van der Waals surface area (Å²) in [4.78, 5) is 37.3. The van der Waals surface area contributed by atoms with Crippen LogP contribution >= 0.6 is 0 Å². The quantitative estimate of drug-likeness (QED) is 0.215. The number of carbonyl (C=O) groups excluding carboxylic acids is 2. The van der Waals surface area contributed by atoms with Gasteiger partial charge < -0.3 is 16.4 Å². The van der Waals surface area contributed by atoms with Crippen molar-refractivity contribution in [2.24, 2.45) is 0 Å². The van der Waals surface area contributed by atoms with Gasteiger partial charge >= 0.3 is 0 Å². The van der Waals surface area contributed by atoms with Crippen LogP contribution in [0, 0.1) is 0 Å². The van der Waals surface area contributed by atoms with E-state index >= 15 is 0 Å². The zero-order chi connectivity index (χ0) is 29.1. The highest BCUT2D eigenvalue weighted by molar-refractivity contribution is 6.00. The van der Waals surface area contributed by atoms with Crippen LogP contribution in [-0.2, 0) is 6.42 Å². The van der Waals surface area contributed by atoms with Crippen LogP contribution in [0.25, 0.3) is 28.0 Å². The maximum Gasteiger partial charge on any atom is 0.259 e. The van der Waals surface area contributed by atoms with Crippen molar-refractivity contribution in [1.82, 2.24) is 34.7 Å². The molecule has 11 heteroatoms. The highest BCUT2D eigenvalue weighted by Gasteiger charge is 2.26. The van der Waals surface area contributed by atoms with Crippen molar-refractivity contribution >= 4 is 29.0 Å². The number of aromatic nitrogens is 6. The number of aromatic amines is 1. The minimum absolute atomic E-state index is 0.111. The maximum atomic E-state index is 13.2. The number of amides is 1. The Morgan fingerprint density at radius 2 is 1.80 bits per heavy atom. The Hall–Kier alpha value is -5.06. The molecule has 5 N–H and O–H groups in total. The summed E-state index contributed by atoms with van der Waals surface area (Å²) in [5.41, 5.74) is 17.7. The van der Waals surface area contributed by atoms with E-state index in [2.05, 4.69) is 20.3 Å². The molecule has 1 amide bonds. The van der Waals surface area contributed by atoms with Crippen molar-refractivity contribution < 1.29 is 9.59 Å². The third kappa shape index (κ3) is 5.25. The smallest absolute Gasteiger partial charge is 0.259 e. The number of rotatable bonds is 10. The van der Waals surface area contributed by atoms with E-state index in [1.165, 1.54) is 17.6 Å². The molecule has 1 unspecified atom stereocenters. The van der Waals surface area contributed by atoms with E-state index < -0.39 is 0 Å². The standard InChI is InChI=1S/C30H33N9O2/c1-4-21(38(5-2)30(41)23-16-34-37-27(23)31)12-14-25-26(18(3)40)28(32)39-29(36-25)22(17-35-39)20-11-13-24(33-15-20)19-9-7-6-8-10-19/h6-11,13,15-17,21H,4-5,12,14,32H2,1-3H3,(H3,31,34,37). The third-order valence-electron chi connectivity index (χ3n) is 7.38. The first-order valence-corrected chi connectivity index (χ1v) is 13.6. The molecular formula is C30H33N9O2. The number of ketones is 1. The predicted molar refractivity (Wildman–Crippen MR) is 158 cm³/mol. The van der Waals surface area contributed by atoms with Gasteiger partial charge in [-0.1, -0.05) is 43.3 Å². The van der Waals surface area contributed by atoms with Crippen LogP contribution in [0.4, 0.5) is 11.6 Å². The zero-order valence-electron chi connectivity index (χ0n) is 23.3. The second kappa shape index (κ2) is 11.6. The molecule has 0 spiro atoms. The van der Waals surface area contributed by atoms with E-state index in [-0.39, 0.29) is 29.4 Å². The molecule has 4 aromatic heterocycles. The molecule has 0 aliphatic carbocycles. The number of carbonyl (C=O) groups is 2. The molecule has 5 aromatic rings. The lowest BCUT2D eigenvalue weighted by Gasteiger charge is -2.30. The largest absolute Gasteiger partial charge is 0.383 e. The number of nitrogens with two attached hydrogens (primary N) is 2. The molecule has 0 saturated heterocycles. The number of nitrogens with one attached hydrogen (secondary N) is 1. The van der Waals surface area contributed by atoms with Crippen molar-refractivity contribution in [3.63, 3.8) is 0 Å². The van der Waals surface area contributed by atoms with Gasteiger partial charge in [0.25, 0.3) is 5.91 Å². The number of aryl methyl sites for hydroxylation is 1. The molecule has 0 radical (unpaired) electrons. The average Bonchev–Trinajstić information content (AvgIpc) is 3.61. The predicted octanol–water partition coefficient (Wildman–Crippen LogP) is 4.42. The summed E-state index contributed by atoms with van der Waals surface area (Å²) >= 11 is 0. The van der Waals surface area contributed by atoms with E-state index in [1.807, 2.05) is 56.3 Å². The van der Waals surface area contributed by atoms with Crippen LogP contribution in [0.3, 0.4) is 0 Å². The van der Waals surface area contributed by atoms with Crippen LogP contribution in [0.2, 0.25) is 0 Å². The average molecular weight is 552 g/mol. The number of H-pyrrole nitrogens is 1. The van der Waals surface area contributed by atoms with Crippen molar-refractivity contribution in [3.05, 3.63) is 77.9 Å². The second-order valence-corrected chi connectivity index (χ2v) is 9.86. The number of hydrogen-bond acceptors (Lipinski definition) is 8. The molecule has 4 heterocycles. The molecular weight excluding hydrogens is 518 g/mol. The van der Waals surface area contributed by atoms with E-state index in [9.17, 15) is 9.59 Å². The number of nitrogens with zero attached hydrogens (tertiary/aromatic N) is 6. The Kier molecular flexibility index (Phi) is 7.77. The Labute approximate surface area is 237 Å². The van der Waals surface area contributed by atoms with Crippen molar-refractivity contribution in [2.45, 2.75) is 46.1 Å². The summed E-state index contributed by atoms with van der Waals surface area (Å²) in [7, 11) is 0. The summed E-state index contributed by atoms with van der Waals surface area (Å²) in [6.07, 6.45) is 6.64. The lowest BCUT2D eigenvalue weighted by atomic mass is 10.00. The minimum atomic E-state index is -0.194. The monoisotopic (exact) mass is 551 g/mol. The van der Waals surface area contributed by atoms with Crippen molar-refractivity contribution in [3.8, 4) is 22.4 Å². The summed E-state index contributed by atoms with van der Waals surface area (Å²) in [6, 6.07) is 13.8. The first-order valence-electron chi connectivity index (χ1n) is 13.6. The molecule has 0 bridgehead atoms. The molecule has 0 fully saturated rings. The molecule has 1 atom stereocenters. The first kappa shape index (κ1) is 27.5. The number of Topliss-reactive ketones (excluding diaryl/α,β-unsaturated/α-hetero) is 1. The van der Waals surface area contributed by atoms with Gasteiger partial charge in [0.15, 0.2) is 11.4 Å². The van der Waals surface area contributed by atoms with E-state index in [0.717, 1.165) is 22.4 Å². The maximum absolute atomic E-state index is 13.2. The number of fused-ring (bicyclic) bond motifs is 1. The third-order valence-corrected chi connectivity index (χ3v) is 7.38. The van der Waals surface area contributed by atoms with E-state index in [1.54, 1.807) is 17.3 Å². The molecule has 1 aromatic carbocycles. The zero-order valence-corrected chi connectivity index (χ0v) is 23.3. The van der Waals surface area contributed by atoms with Gasteiger partial charge in [0, 0.05) is 35.5 Å². The molecule has 210 valence electrons. The normalized spacial score (nSPS) is 12.0. The molecule has 11 nitrogen and oxygen atoms in total. The van der Waals surface area contributed by atoms with Crippen molar-refractivity contribution in [1.29, 1.82) is 0 Å². The Bertz CT molecular complexity index is 1690. The lowest BCUT2D eigenvalue weighted by Crippen LogP contribution is -2.40. The molecule has 5 rings (SSSR count). The Morgan fingerprint density at radius 1 is 1.02 bits per heavy atom. The van der Waals surface area contributed by atoms with Gasteiger partial charge in [0.05, 0.1) is 29.3 Å². The topological polar surface area (TPSA) is 161 Å². The van der Waals surface area contributed by atoms with Crippen LogP contribution in [0.5, 0.6) is 0 Å². The number of anilines is 2. The number of pyridine rings is 1. The fourth-order valence-corrected chi connectivity index (χ4v) is 5.24. The van der Waals surface area contributed by atoms with Gasteiger partial charge in [0.1, 0.15) is 17.2 Å². The first-order chi connectivity index (χ1) is 19.8. The second-order valence-electron chi connectivity index (χ2n) is 9.86. The lowest BCUT2D eigenvalue weighted by molar-refractivity contribution is 0.0676. The SMILES string of the molecule is CCC(CCc1nc2c(-c3ccc(-c4ccccc4)nc3)cnn2c(N)c1C(C)=O)N(CC)C(=O)c1cn[nH]c1N. The van der Waals surface area contributed by atoms with Gasteiger partial charge in [0.2, 0.25) is 0 Å². The Morgan fingerprint density at radius 3 is 2.41 bits per heavy atom. The van der Waals surface area contributed by atoms with Gasteiger partial charge in [-0.3, -0.25) is 19.7 Å². The van der Waals surface area contributed by atoms with Crippen LogP contribution < -0.4 is 11.5 Å². The van der Waals surface area contributed by atoms with Gasteiger partial charge in [-0.05, 0) is 39.2 Å². The van der Waals surface area contributed by atoms with Crippen LogP contribution in [-0.4, -0.2) is 59.0 Å². The van der Waals surface area contributed by atoms with E-state index in [0.29, 0.717) is 48.3 Å². The van der Waals surface area contributed by atoms with Gasteiger partial charge in [-0.25, -0.2) is 4.98 Å². The summed E-state index contributed by atoms with van der Waals surface area (Å²) < 4.78 is 1.50. The molecule has 0 aliphatic rings. The number of nitrogen functional groups attached to an aromatic ring is 2. The van der Waals surface area contributed by atoms with Crippen molar-refractivity contribution in [2.75, 3.05) is 18.0 Å². The summed E-state index contributed by atoms with van der Waals surface area (Å²) in [5.74, 6) is 0.0900. The highest BCUT2D eigenvalue weighted by atomic mass is 16.2. The van der Waals surface area contributed by atoms with Gasteiger partial charge in [-0.15, -0.1) is 0 Å².